The van der Waals surface area contributed by atoms with Crippen molar-refractivity contribution < 1.29 is 14.3 Å². The van der Waals surface area contributed by atoms with Crippen LogP contribution in [0, 0.1) is 0 Å². The van der Waals surface area contributed by atoms with E-state index in [0.29, 0.717) is 32.1 Å². The molecule has 1 amide bonds. The van der Waals surface area contributed by atoms with Gasteiger partial charge in [0.2, 0.25) is 0 Å². The van der Waals surface area contributed by atoms with Gasteiger partial charge in [-0.05, 0) is 38.0 Å². The lowest BCUT2D eigenvalue weighted by Gasteiger charge is -2.29. The van der Waals surface area contributed by atoms with E-state index in [2.05, 4.69) is 0 Å². The summed E-state index contributed by atoms with van der Waals surface area (Å²) in [6.45, 7) is 6.23. The average Bonchev–Trinajstić information content (AvgIpc) is 2.47. The van der Waals surface area contributed by atoms with Crippen LogP contribution in [-0.2, 0) is 16.0 Å². The molecule has 0 aliphatic carbocycles. The number of ether oxygens (including phenoxy) is 2. The lowest BCUT2D eigenvalue weighted by molar-refractivity contribution is -0.142. The fraction of sp³-hybridized carbons (Fsp3) is 0.562. The summed E-state index contributed by atoms with van der Waals surface area (Å²) in [4.78, 5) is 14.1. The van der Waals surface area contributed by atoms with Gasteiger partial charge in [0.1, 0.15) is 5.75 Å². The van der Waals surface area contributed by atoms with Crippen molar-refractivity contribution in [2.45, 2.75) is 32.4 Å². The highest BCUT2D eigenvalue weighted by Gasteiger charge is 2.23. The van der Waals surface area contributed by atoms with Crippen molar-refractivity contribution in [2.75, 3.05) is 26.3 Å². The summed E-state index contributed by atoms with van der Waals surface area (Å²) < 4.78 is 11.0. The first kappa shape index (κ1) is 15.8. The number of nitrogens with two attached hydrogens (primary N) is 1. The highest BCUT2D eigenvalue weighted by molar-refractivity contribution is 5.81. The van der Waals surface area contributed by atoms with E-state index < -0.39 is 6.10 Å². The Balaban J connectivity index is 1.95. The first-order valence-corrected chi connectivity index (χ1v) is 7.44. The Morgan fingerprint density at radius 3 is 2.76 bits per heavy atom. The predicted octanol–water partition coefficient (Wildman–Crippen LogP) is 1.20. The molecule has 1 aliphatic rings. The highest BCUT2D eigenvalue weighted by atomic mass is 16.5. The van der Waals surface area contributed by atoms with Gasteiger partial charge in [0.05, 0.1) is 13.2 Å². The summed E-state index contributed by atoms with van der Waals surface area (Å²) in [5, 5.41) is 0. The van der Waals surface area contributed by atoms with Crippen LogP contribution in [0.4, 0.5) is 0 Å². The lowest BCUT2D eigenvalue weighted by atomic mass is 10.1. The Morgan fingerprint density at radius 1 is 1.38 bits per heavy atom. The molecule has 1 aliphatic heterocycles. The van der Waals surface area contributed by atoms with Crippen molar-refractivity contribution >= 4 is 5.91 Å². The molecule has 5 heteroatoms. The molecule has 1 aromatic rings. The van der Waals surface area contributed by atoms with Gasteiger partial charge in [-0.2, -0.15) is 0 Å². The number of rotatable bonds is 5. The SMILES string of the molecule is CC(N)Cc1cccc(OC(C)C(=O)N2CCOCC2)c1. The Bertz CT molecular complexity index is 470. The Morgan fingerprint density at radius 2 is 2.10 bits per heavy atom. The van der Waals surface area contributed by atoms with Gasteiger partial charge in [-0.1, -0.05) is 12.1 Å². The number of hydrogen-bond donors (Lipinski definition) is 1. The summed E-state index contributed by atoms with van der Waals surface area (Å²) in [5.41, 5.74) is 6.93. The number of benzene rings is 1. The highest BCUT2D eigenvalue weighted by Crippen LogP contribution is 2.17. The minimum atomic E-state index is -0.492. The third-order valence-corrected chi connectivity index (χ3v) is 3.44. The van der Waals surface area contributed by atoms with E-state index in [9.17, 15) is 4.79 Å². The Hall–Kier alpha value is -1.59. The first-order chi connectivity index (χ1) is 10.1. The minimum Gasteiger partial charge on any atom is -0.481 e. The largest absolute Gasteiger partial charge is 0.481 e. The molecule has 5 nitrogen and oxygen atoms in total. The molecular formula is C16H24N2O3. The first-order valence-electron chi connectivity index (χ1n) is 7.44. The standard InChI is InChI=1S/C16H24N2O3/c1-12(17)10-14-4-3-5-15(11-14)21-13(2)16(19)18-6-8-20-9-7-18/h3-5,11-13H,6-10,17H2,1-2H3. The molecular weight excluding hydrogens is 268 g/mol. The summed E-state index contributed by atoms with van der Waals surface area (Å²) in [6.07, 6.45) is 0.303. The van der Waals surface area contributed by atoms with Crippen LogP contribution in [0.25, 0.3) is 0 Å². The number of hydrogen-bond acceptors (Lipinski definition) is 4. The third-order valence-electron chi connectivity index (χ3n) is 3.44. The molecule has 0 saturated carbocycles. The van der Waals surface area contributed by atoms with Gasteiger partial charge >= 0.3 is 0 Å². The maximum absolute atomic E-state index is 12.3. The van der Waals surface area contributed by atoms with Crippen molar-refractivity contribution in [3.8, 4) is 5.75 Å². The van der Waals surface area contributed by atoms with E-state index in [1.54, 1.807) is 11.8 Å². The van der Waals surface area contributed by atoms with Crippen molar-refractivity contribution in [3.63, 3.8) is 0 Å². The van der Waals surface area contributed by atoms with Crippen molar-refractivity contribution in [1.29, 1.82) is 0 Å². The van der Waals surface area contributed by atoms with Crippen LogP contribution in [0.2, 0.25) is 0 Å². The Kier molecular flexibility index (Phi) is 5.59. The van der Waals surface area contributed by atoms with Crippen molar-refractivity contribution in [2.24, 2.45) is 5.73 Å². The normalized spacial score (nSPS) is 18.1. The molecule has 0 radical (unpaired) electrons. The molecule has 1 saturated heterocycles. The molecule has 1 fully saturated rings. The second kappa shape index (κ2) is 7.43. The quantitative estimate of drug-likeness (QED) is 0.886. The zero-order valence-electron chi connectivity index (χ0n) is 12.7. The van der Waals surface area contributed by atoms with E-state index in [-0.39, 0.29) is 11.9 Å². The van der Waals surface area contributed by atoms with Crippen LogP contribution in [0.15, 0.2) is 24.3 Å². The maximum atomic E-state index is 12.3. The van der Waals surface area contributed by atoms with Gasteiger partial charge in [-0.25, -0.2) is 0 Å². The molecule has 1 aromatic carbocycles. The van der Waals surface area contributed by atoms with Crippen LogP contribution in [0.5, 0.6) is 5.75 Å². The van der Waals surface area contributed by atoms with Gasteiger partial charge in [0, 0.05) is 19.1 Å². The van der Waals surface area contributed by atoms with Crippen LogP contribution in [-0.4, -0.2) is 49.3 Å². The number of carbonyl (C=O) groups excluding carboxylic acids is 1. The van der Waals surface area contributed by atoms with E-state index in [4.69, 9.17) is 15.2 Å². The fourth-order valence-electron chi connectivity index (χ4n) is 2.41. The van der Waals surface area contributed by atoms with Crippen LogP contribution < -0.4 is 10.5 Å². The van der Waals surface area contributed by atoms with E-state index in [1.165, 1.54) is 0 Å². The summed E-state index contributed by atoms with van der Waals surface area (Å²) in [7, 11) is 0. The van der Waals surface area contributed by atoms with Crippen LogP contribution >= 0.6 is 0 Å². The monoisotopic (exact) mass is 292 g/mol. The van der Waals surface area contributed by atoms with E-state index in [1.807, 2.05) is 31.2 Å². The summed E-state index contributed by atoms with van der Waals surface area (Å²) in [6, 6.07) is 7.87. The Labute approximate surface area is 126 Å². The molecule has 2 atom stereocenters. The fourth-order valence-corrected chi connectivity index (χ4v) is 2.41. The van der Waals surface area contributed by atoms with Crippen molar-refractivity contribution in [3.05, 3.63) is 29.8 Å². The summed E-state index contributed by atoms with van der Waals surface area (Å²) in [5.74, 6) is 0.721. The predicted molar refractivity (Wildman–Crippen MR) is 81.3 cm³/mol. The molecule has 2 rings (SSSR count). The molecule has 21 heavy (non-hydrogen) atoms. The van der Waals surface area contributed by atoms with E-state index in [0.717, 1.165) is 12.0 Å². The number of amides is 1. The number of morpholine rings is 1. The second-order valence-corrected chi connectivity index (χ2v) is 5.53. The molecule has 0 spiro atoms. The van der Waals surface area contributed by atoms with Gasteiger partial charge in [0.15, 0.2) is 6.10 Å². The minimum absolute atomic E-state index is 0.0101. The van der Waals surface area contributed by atoms with Gasteiger partial charge < -0.3 is 20.1 Å². The molecule has 0 bridgehead atoms. The van der Waals surface area contributed by atoms with Crippen LogP contribution in [0.3, 0.4) is 0 Å². The smallest absolute Gasteiger partial charge is 0.263 e. The molecule has 1 heterocycles. The molecule has 2 unspecified atom stereocenters. The van der Waals surface area contributed by atoms with Crippen LogP contribution in [0.1, 0.15) is 19.4 Å². The lowest BCUT2D eigenvalue weighted by Crippen LogP contribution is -2.46. The van der Waals surface area contributed by atoms with E-state index >= 15 is 0 Å². The number of nitrogens with zero attached hydrogens (tertiary/aromatic N) is 1. The molecule has 116 valence electrons. The molecule has 0 aromatic heterocycles. The van der Waals surface area contributed by atoms with Crippen molar-refractivity contribution in [1.82, 2.24) is 4.90 Å². The van der Waals surface area contributed by atoms with Gasteiger partial charge in [0.25, 0.3) is 5.91 Å². The average molecular weight is 292 g/mol. The second-order valence-electron chi connectivity index (χ2n) is 5.53. The third kappa shape index (κ3) is 4.72. The summed E-state index contributed by atoms with van der Waals surface area (Å²) >= 11 is 0. The van der Waals surface area contributed by atoms with Gasteiger partial charge in [-0.15, -0.1) is 0 Å². The zero-order valence-corrected chi connectivity index (χ0v) is 12.7. The molecule has 2 N–H and O–H groups in total. The number of carbonyl (C=O) groups is 1. The zero-order chi connectivity index (χ0) is 15.2. The maximum Gasteiger partial charge on any atom is 0.263 e. The van der Waals surface area contributed by atoms with Gasteiger partial charge in [-0.3, -0.25) is 4.79 Å². The topological polar surface area (TPSA) is 64.8 Å².